The van der Waals surface area contributed by atoms with Gasteiger partial charge in [0.15, 0.2) is 11.6 Å². The summed E-state index contributed by atoms with van der Waals surface area (Å²) >= 11 is 0. The Hall–Kier alpha value is -0.470. The van der Waals surface area contributed by atoms with Gasteiger partial charge in [-0.1, -0.05) is 30.3 Å². The summed E-state index contributed by atoms with van der Waals surface area (Å²) in [6.45, 7) is 8.67. The van der Waals surface area contributed by atoms with Gasteiger partial charge in [-0.15, -0.1) is 0 Å². The molecule has 4 aliphatic heterocycles. The van der Waals surface area contributed by atoms with Crippen molar-refractivity contribution in [2.45, 2.75) is 69.0 Å². The Morgan fingerprint density at radius 1 is 0.857 bits per heavy atom. The summed E-state index contributed by atoms with van der Waals surface area (Å²) in [5.41, 5.74) is 1.38. The molecule has 4 fully saturated rings. The highest BCUT2D eigenvalue weighted by Gasteiger charge is 2.70. The van der Waals surface area contributed by atoms with Crippen LogP contribution in [-0.2, 0) is 20.4 Å². The zero-order chi connectivity index (χ0) is 14.9. The van der Waals surface area contributed by atoms with Gasteiger partial charge in [-0.25, -0.2) is 0 Å². The van der Waals surface area contributed by atoms with Crippen LogP contribution in [0.4, 0.5) is 0 Å². The van der Waals surface area contributed by atoms with Crippen LogP contribution >= 0.6 is 7.92 Å². The van der Waals surface area contributed by atoms with Gasteiger partial charge in [0.05, 0.1) is 10.7 Å². The molecule has 0 amide bonds. The molecule has 0 N–H and O–H groups in total. The minimum atomic E-state index is -0.496. The van der Waals surface area contributed by atoms with Gasteiger partial charge in [-0.3, -0.25) is 0 Å². The largest absolute Gasteiger partial charge is 0.339 e. The maximum Gasteiger partial charge on any atom is 0.173 e. The molecule has 4 unspecified atom stereocenters. The van der Waals surface area contributed by atoms with E-state index in [4.69, 9.17) is 14.2 Å². The maximum atomic E-state index is 6.44. The Balaban J connectivity index is 1.73. The fourth-order valence-corrected chi connectivity index (χ4v) is 8.55. The van der Waals surface area contributed by atoms with Crippen molar-refractivity contribution < 1.29 is 14.2 Å². The monoisotopic (exact) mass is 306 g/mol. The van der Waals surface area contributed by atoms with Gasteiger partial charge >= 0.3 is 0 Å². The van der Waals surface area contributed by atoms with Crippen molar-refractivity contribution in [2.75, 3.05) is 0 Å². The molecule has 0 spiro atoms. The first kappa shape index (κ1) is 14.1. The van der Waals surface area contributed by atoms with Crippen molar-refractivity contribution >= 4 is 7.92 Å². The lowest BCUT2D eigenvalue weighted by Crippen LogP contribution is -2.71. The zero-order valence-corrected chi connectivity index (χ0v) is 14.1. The molecule has 4 saturated heterocycles. The van der Waals surface area contributed by atoms with E-state index in [0.717, 1.165) is 19.0 Å². The number of rotatable bonds is 2. The van der Waals surface area contributed by atoms with E-state index < -0.39 is 19.5 Å². The number of benzene rings is 1. The molecular weight excluding hydrogens is 283 g/mol. The third kappa shape index (κ3) is 2.09. The Labute approximate surface area is 127 Å². The van der Waals surface area contributed by atoms with E-state index in [1.54, 1.807) is 0 Å². The van der Waals surface area contributed by atoms with E-state index in [1.807, 2.05) is 0 Å². The van der Waals surface area contributed by atoms with Gasteiger partial charge in [-0.05, 0) is 47.3 Å². The molecule has 3 nitrogen and oxygen atoms in total. The normalized spacial score (nSPS) is 51.3. The first-order valence-corrected chi connectivity index (χ1v) is 9.19. The van der Waals surface area contributed by atoms with Crippen LogP contribution in [0.3, 0.4) is 0 Å². The van der Waals surface area contributed by atoms with Crippen molar-refractivity contribution in [3.63, 3.8) is 0 Å². The van der Waals surface area contributed by atoms with Crippen LogP contribution in [0.15, 0.2) is 30.3 Å². The Bertz CT molecular complexity index is 529. The van der Waals surface area contributed by atoms with Crippen molar-refractivity contribution in [3.8, 4) is 0 Å². The van der Waals surface area contributed by atoms with E-state index in [0.29, 0.717) is 0 Å². The summed E-state index contributed by atoms with van der Waals surface area (Å²) in [4.78, 5) is 0. The first-order valence-electron chi connectivity index (χ1n) is 7.67. The quantitative estimate of drug-likeness (QED) is 0.758. The molecular formula is C17H23O3P. The highest BCUT2D eigenvalue weighted by molar-refractivity contribution is 7.59. The predicted octanol–water partition coefficient (Wildman–Crippen LogP) is 4.40. The molecule has 21 heavy (non-hydrogen) atoms. The average Bonchev–Trinajstić information content (AvgIpc) is 2.31. The topological polar surface area (TPSA) is 27.7 Å². The molecule has 4 heteroatoms. The van der Waals surface area contributed by atoms with E-state index in [2.05, 4.69) is 58.0 Å². The van der Waals surface area contributed by atoms with Crippen LogP contribution in [0.5, 0.6) is 0 Å². The van der Waals surface area contributed by atoms with E-state index in [-0.39, 0.29) is 10.7 Å². The lowest BCUT2D eigenvalue weighted by molar-refractivity contribution is -0.468. The zero-order valence-electron chi connectivity index (χ0n) is 13.2. The van der Waals surface area contributed by atoms with Gasteiger partial charge in [0.1, 0.15) is 0 Å². The molecule has 4 aliphatic rings. The summed E-state index contributed by atoms with van der Waals surface area (Å²) in [5.74, 6) is -0.992. The van der Waals surface area contributed by atoms with Gasteiger partial charge in [0.25, 0.3) is 0 Å². The van der Waals surface area contributed by atoms with Gasteiger partial charge in [-0.2, -0.15) is 0 Å². The minimum Gasteiger partial charge on any atom is -0.339 e. The fraction of sp³-hybridized carbons (Fsp3) is 0.647. The van der Waals surface area contributed by atoms with Crippen LogP contribution in [-0.4, -0.2) is 22.3 Å². The second-order valence-corrected chi connectivity index (χ2v) is 10.4. The predicted molar refractivity (Wildman–Crippen MR) is 83.2 cm³/mol. The molecule has 114 valence electrons. The minimum absolute atomic E-state index is 0.127. The van der Waals surface area contributed by atoms with E-state index in [1.165, 1.54) is 5.56 Å². The summed E-state index contributed by atoms with van der Waals surface area (Å²) in [5, 5.41) is -0.254. The molecule has 1 aromatic rings. The number of hydrogen-bond acceptors (Lipinski definition) is 3. The molecule has 0 radical (unpaired) electrons. The summed E-state index contributed by atoms with van der Waals surface area (Å²) in [7, 11) is -0.434. The lowest BCUT2D eigenvalue weighted by Gasteiger charge is -2.69. The Morgan fingerprint density at radius 2 is 1.38 bits per heavy atom. The van der Waals surface area contributed by atoms with Crippen LogP contribution < -0.4 is 0 Å². The smallest absolute Gasteiger partial charge is 0.173 e. The van der Waals surface area contributed by atoms with Crippen LogP contribution in [0, 0.1) is 0 Å². The van der Waals surface area contributed by atoms with Gasteiger partial charge in [0, 0.05) is 12.8 Å². The van der Waals surface area contributed by atoms with Crippen LogP contribution in [0.1, 0.15) is 46.1 Å². The van der Waals surface area contributed by atoms with Crippen LogP contribution in [0.2, 0.25) is 0 Å². The summed E-state index contributed by atoms with van der Waals surface area (Å²) in [6.07, 6.45) is 2.70. The Morgan fingerprint density at radius 3 is 1.90 bits per heavy atom. The van der Waals surface area contributed by atoms with Crippen molar-refractivity contribution in [1.82, 2.24) is 0 Å². The molecule has 0 saturated carbocycles. The fourth-order valence-electron chi connectivity index (χ4n) is 4.74. The third-order valence-corrected chi connectivity index (χ3v) is 8.39. The van der Waals surface area contributed by atoms with Gasteiger partial charge in [0.2, 0.25) is 0 Å². The molecule has 4 heterocycles. The average molecular weight is 306 g/mol. The Kier molecular flexibility index (Phi) is 2.75. The molecule has 0 aliphatic carbocycles. The molecule has 4 bridgehead atoms. The van der Waals surface area contributed by atoms with Crippen LogP contribution in [0.25, 0.3) is 0 Å². The molecule has 5 rings (SSSR count). The second kappa shape index (κ2) is 4.08. The standard InChI is InChI=1S/C17H23O3P/c1-14-11-16(3)20-15(2,18-14)12-17(4,19-14)21(16)10-13-8-6-5-7-9-13/h5-9H,10-12H2,1-4H3/t14?,15?,16-,17?,21?/m0/s1. The van der Waals surface area contributed by atoms with Gasteiger partial charge < -0.3 is 14.2 Å². The van der Waals surface area contributed by atoms with E-state index >= 15 is 0 Å². The number of ether oxygens (including phenoxy) is 3. The molecule has 1 aromatic carbocycles. The van der Waals surface area contributed by atoms with Crippen molar-refractivity contribution in [1.29, 1.82) is 0 Å². The molecule has 0 aromatic heterocycles. The lowest BCUT2D eigenvalue weighted by atomic mass is 9.98. The van der Waals surface area contributed by atoms with Crippen molar-refractivity contribution in [2.24, 2.45) is 0 Å². The first-order chi connectivity index (χ1) is 9.75. The number of hydrogen-bond donors (Lipinski definition) is 0. The summed E-state index contributed by atoms with van der Waals surface area (Å²) < 4.78 is 19.0. The maximum absolute atomic E-state index is 6.44. The second-order valence-electron chi connectivity index (χ2n) is 7.35. The highest BCUT2D eigenvalue weighted by Crippen LogP contribution is 2.77. The van der Waals surface area contributed by atoms with E-state index in [9.17, 15) is 0 Å². The SMILES string of the molecule is CC12C[C@@]3(C)OC(C)(CC(C)(O1)P3Cc1ccccc1)O2. The molecule has 5 atom stereocenters. The summed E-state index contributed by atoms with van der Waals surface area (Å²) in [6, 6.07) is 10.7. The third-order valence-electron chi connectivity index (χ3n) is 4.93. The van der Waals surface area contributed by atoms with Crippen molar-refractivity contribution in [3.05, 3.63) is 35.9 Å². The highest BCUT2D eigenvalue weighted by atomic mass is 31.1.